The molecule has 0 amide bonds. The Morgan fingerprint density at radius 2 is 2.08 bits per heavy atom. The lowest BCUT2D eigenvalue weighted by Crippen LogP contribution is -2.27. The molecule has 1 heterocycles. The highest BCUT2D eigenvalue weighted by molar-refractivity contribution is 9.10. The van der Waals surface area contributed by atoms with Crippen LogP contribution in [0.5, 0.6) is 5.88 Å². The van der Waals surface area contributed by atoms with Crippen molar-refractivity contribution in [3.8, 4) is 11.9 Å². The third-order valence-electron chi connectivity index (χ3n) is 3.58. The molecule has 0 bridgehead atoms. The molecule has 1 N–H and O–H groups in total. The van der Waals surface area contributed by atoms with Crippen LogP contribution < -0.4 is 5.56 Å². The molecular formula is C18H18BrN3O2. The molecule has 2 rings (SSSR count). The lowest BCUT2D eigenvalue weighted by atomic mass is 10.1. The van der Waals surface area contributed by atoms with Gasteiger partial charge in [-0.1, -0.05) is 26.0 Å². The van der Waals surface area contributed by atoms with Crippen molar-refractivity contribution < 1.29 is 5.11 Å². The summed E-state index contributed by atoms with van der Waals surface area (Å²) in [5.41, 5.74) is 1.05. The molecule has 2 aromatic rings. The maximum atomic E-state index is 12.4. The molecular weight excluding hydrogens is 370 g/mol. The van der Waals surface area contributed by atoms with Crippen LogP contribution in [0.25, 0.3) is 0 Å². The van der Waals surface area contributed by atoms with E-state index in [0.29, 0.717) is 23.4 Å². The minimum atomic E-state index is -0.473. The van der Waals surface area contributed by atoms with Gasteiger partial charge in [-0.15, -0.1) is 0 Å². The first-order chi connectivity index (χ1) is 11.4. The number of nitrogens with zero attached hydrogens (tertiary/aromatic N) is 3. The Hall–Kier alpha value is -2.39. The van der Waals surface area contributed by atoms with Crippen LogP contribution >= 0.6 is 15.9 Å². The monoisotopic (exact) mass is 387 g/mol. The van der Waals surface area contributed by atoms with Crippen molar-refractivity contribution in [1.29, 1.82) is 5.26 Å². The van der Waals surface area contributed by atoms with Gasteiger partial charge in [0.25, 0.3) is 5.56 Å². The second kappa shape index (κ2) is 7.45. The van der Waals surface area contributed by atoms with E-state index < -0.39 is 5.56 Å². The third kappa shape index (κ3) is 3.57. The standard InChI is InChI=1S/C18H18BrN3O2/c1-11(2)10-22-17(23)13(8-20)12(3)14(18(22)24)9-21-16-7-5-4-6-15(16)19/h4-7,9,11,24H,10H2,1-3H3. The fourth-order valence-electron chi connectivity index (χ4n) is 2.35. The number of rotatable bonds is 4. The van der Waals surface area contributed by atoms with Gasteiger partial charge in [0.05, 0.1) is 11.3 Å². The van der Waals surface area contributed by atoms with Crippen molar-refractivity contribution in [2.24, 2.45) is 10.9 Å². The Labute approximate surface area is 149 Å². The Balaban J connectivity index is 2.64. The van der Waals surface area contributed by atoms with Gasteiger partial charge < -0.3 is 5.11 Å². The normalized spacial score (nSPS) is 11.2. The van der Waals surface area contributed by atoms with Crippen LogP contribution in [-0.2, 0) is 6.54 Å². The molecule has 0 saturated heterocycles. The van der Waals surface area contributed by atoms with Crippen LogP contribution in [0.15, 0.2) is 38.5 Å². The average Bonchev–Trinajstić information content (AvgIpc) is 2.53. The number of para-hydroxylation sites is 1. The van der Waals surface area contributed by atoms with Gasteiger partial charge in [0.2, 0.25) is 5.88 Å². The van der Waals surface area contributed by atoms with E-state index in [-0.39, 0.29) is 17.4 Å². The minimum absolute atomic E-state index is 0.0297. The molecule has 5 nitrogen and oxygen atoms in total. The highest BCUT2D eigenvalue weighted by atomic mass is 79.9. The van der Waals surface area contributed by atoms with E-state index in [2.05, 4.69) is 20.9 Å². The number of pyridine rings is 1. The maximum absolute atomic E-state index is 12.4. The molecule has 0 radical (unpaired) electrons. The zero-order valence-corrected chi connectivity index (χ0v) is 15.3. The zero-order chi connectivity index (χ0) is 17.9. The maximum Gasteiger partial charge on any atom is 0.271 e. The fourth-order valence-corrected chi connectivity index (χ4v) is 2.74. The molecule has 124 valence electrons. The van der Waals surface area contributed by atoms with E-state index in [1.54, 1.807) is 6.92 Å². The van der Waals surface area contributed by atoms with E-state index in [9.17, 15) is 15.2 Å². The van der Waals surface area contributed by atoms with Gasteiger partial charge in [-0.3, -0.25) is 14.4 Å². The van der Waals surface area contributed by atoms with Crippen molar-refractivity contribution >= 4 is 27.8 Å². The van der Waals surface area contributed by atoms with Crippen molar-refractivity contribution in [3.05, 3.63) is 55.8 Å². The number of hydrogen-bond acceptors (Lipinski definition) is 4. The summed E-state index contributed by atoms with van der Waals surface area (Å²) < 4.78 is 2.05. The molecule has 6 heteroatoms. The van der Waals surface area contributed by atoms with Crippen molar-refractivity contribution in [2.45, 2.75) is 27.3 Å². The van der Waals surface area contributed by atoms with Crippen molar-refractivity contribution in [1.82, 2.24) is 4.57 Å². The van der Waals surface area contributed by atoms with Crippen LogP contribution in [0.1, 0.15) is 30.5 Å². The van der Waals surface area contributed by atoms with Gasteiger partial charge >= 0.3 is 0 Å². The summed E-state index contributed by atoms with van der Waals surface area (Å²) in [5.74, 6) is -0.0168. The van der Waals surface area contributed by atoms with E-state index in [1.807, 2.05) is 44.2 Å². The number of aromatic nitrogens is 1. The van der Waals surface area contributed by atoms with E-state index in [0.717, 1.165) is 4.47 Å². The molecule has 0 aliphatic rings. The van der Waals surface area contributed by atoms with Gasteiger partial charge in [0, 0.05) is 17.2 Å². The Bertz CT molecular complexity index is 892. The van der Waals surface area contributed by atoms with Crippen LogP contribution in [0, 0.1) is 24.2 Å². The molecule has 0 spiro atoms. The predicted molar refractivity (Wildman–Crippen MR) is 98.1 cm³/mol. The smallest absolute Gasteiger partial charge is 0.271 e. The molecule has 1 aromatic heterocycles. The summed E-state index contributed by atoms with van der Waals surface area (Å²) in [7, 11) is 0. The van der Waals surface area contributed by atoms with Gasteiger partial charge in [0.1, 0.15) is 11.6 Å². The highest BCUT2D eigenvalue weighted by Crippen LogP contribution is 2.26. The summed E-state index contributed by atoms with van der Waals surface area (Å²) in [6.45, 7) is 5.84. The van der Waals surface area contributed by atoms with Crippen molar-refractivity contribution in [3.63, 3.8) is 0 Å². The average molecular weight is 388 g/mol. The Kier molecular flexibility index (Phi) is 5.58. The summed E-state index contributed by atoms with van der Waals surface area (Å²) in [5, 5.41) is 19.8. The lowest BCUT2D eigenvalue weighted by molar-refractivity contribution is 0.381. The van der Waals surface area contributed by atoms with Gasteiger partial charge in [-0.25, -0.2) is 0 Å². The molecule has 1 aromatic carbocycles. The number of nitriles is 1. The topological polar surface area (TPSA) is 78.4 Å². The summed E-state index contributed by atoms with van der Waals surface area (Å²) in [6.07, 6.45) is 1.49. The first-order valence-corrected chi connectivity index (χ1v) is 8.31. The summed E-state index contributed by atoms with van der Waals surface area (Å²) >= 11 is 3.41. The van der Waals surface area contributed by atoms with Crippen LogP contribution in [-0.4, -0.2) is 15.9 Å². The molecule has 0 fully saturated rings. The molecule has 0 saturated carbocycles. The van der Waals surface area contributed by atoms with Crippen LogP contribution in [0.4, 0.5) is 5.69 Å². The first kappa shape index (κ1) is 18.0. The zero-order valence-electron chi connectivity index (χ0n) is 13.7. The number of aliphatic imine (C=N–C) groups is 1. The number of halogens is 1. The minimum Gasteiger partial charge on any atom is -0.494 e. The number of benzene rings is 1. The highest BCUT2D eigenvalue weighted by Gasteiger charge is 2.18. The Morgan fingerprint density at radius 1 is 1.42 bits per heavy atom. The van der Waals surface area contributed by atoms with Gasteiger partial charge in [-0.05, 0) is 46.5 Å². The van der Waals surface area contributed by atoms with E-state index in [1.165, 1.54) is 10.8 Å². The van der Waals surface area contributed by atoms with Crippen molar-refractivity contribution in [2.75, 3.05) is 0 Å². The molecule has 24 heavy (non-hydrogen) atoms. The first-order valence-electron chi connectivity index (χ1n) is 7.51. The van der Waals surface area contributed by atoms with E-state index in [4.69, 9.17) is 0 Å². The summed E-state index contributed by atoms with van der Waals surface area (Å²) in [4.78, 5) is 16.8. The predicted octanol–water partition coefficient (Wildman–Crippen LogP) is 3.90. The molecule has 0 unspecified atom stereocenters. The molecule has 0 aliphatic carbocycles. The van der Waals surface area contributed by atoms with Gasteiger partial charge in [0.15, 0.2) is 0 Å². The summed E-state index contributed by atoms with van der Waals surface area (Å²) in [6, 6.07) is 9.35. The van der Waals surface area contributed by atoms with Gasteiger partial charge in [-0.2, -0.15) is 5.26 Å². The molecule has 0 aliphatic heterocycles. The second-order valence-corrected chi connectivity index (χ2v) is 6.72. The second-order valence-electron chi connectivity index (χ2n) is 5.87. The molecule has 0 atom stereocenters. The Morgan fingerprint density at radius 3 is 2.67 bits per heavy atom. The largest absolute Gasteiger partial charge is 0.494 e. The fraction of sp³-hybridized carbons (Fsp3) is 0.278. The lowest BCUT2D eigenvalue weighted by Gasteiger charge is -2.15. The number of hydrogen-bond donors (Lipinski definition) is 1. The SMILES string of the molecule is Cc1c(C=Nc2ccccc2Br)c(O)n(CC(C)C)c(=O)c1C#N. The van der Waals surface area contributed by atoms with Crippen LogP contribution in [0.2, 0.25) is 0 Å². The van der Waals surface area contributed by atoms with Crippen LogP contribution in [0.3, 0.4) is 0 Å². The number of aromatic hydroxyl groups is 1. The quantitative estimate of drug-likeness (QED) is 0.807. The third-order valence-corrected chi connectivity index (χ3v) is 4.25. The van der Waals surface area contributed by atoms with E-state index >= 15 is 0 Å².